The van der Waals surface area contributed by atoms with Crippen molar-refractivity contribution in [2.45, 2.75) is 31.9 Å². The first-order valence-corrected chi connectivity index (χ1v) is 9.40. The molecule has 22 heavy (non-hydrogen) atoms. The van der Waals surface area contributed by atoms with E-state index in [2.05, 4.69) is 19.2 Å². The molecular weight excluding hydrogens is 298 g/mol. The van der Waals surface area contributed by atoms with Gasteiger partial charge in [0.2, 0.25) is 0 Å². The Bertz CT molecular complexity index is 397. The Kier molecular flexibility index (Phi) is 6.56. The topological polar surface area (TPSA) is 52.7 Å². The van der Waals surface area contributed by atoms with Crippen LogP contribution in [0, 0.1) is 11.8 Å². The van der Waals surface area contributed by atoms with Crippen molar-refractivity contribution in [3.8, 4) is 0 Å². The lowest BCUT2D eigenvalue weighted by molar-refractivity contribution is -0.151. The van der Waals surface area contributed by atoms with Gasteiger partial charge in [0.25, 0.3) is 0 Å². The average molecular weight is 327 g/mol. The molecule has 6 heteroatoms. The number of thioether (sulfide) groups is 1. The highest BCUT2D eigenvalue weighted by molar-refractivity contribution is 8.00. The van der Waals surface area contributed by atoms with Crippen LogP contribution < -0.4 is 5.32 Å². The van der Waals surface area contributed by atoms with Crippen molar-refractivity contribution < 1.29 is 9.59 Å². The summed E-state index contributed by atoms with van der Waals surface area (Å²) >= 11 is 1.92. The Morgan fingerprint density at radius 2 is 2.00 bits per heavy atom. The van der Waals surface area contributed by atoms with Crippen molar-refractivity contribution in [2.24, 2.45) is 11.8 Å². The SMILES string of the molecule is CC(C)C1CN(C(=O)C(=O)N(C)CC2CCNCC2)CCS1. The molecule has 126 valence electrons. The third kappa shape index (κ3) is 4.62. The maximum Gasteiger partial charge on any atom is 0.312 e. The lowest BCUT2D eigenvalue weighted by Gasteiger charge is -2.35. The number of likely N-dealkylation sites (N-methyl/N-ethyl adjacent to an activating group) is 1. The minimum atomic E-state index is -0.340. The van der Waals surface area contributed by atoms with Crippen LogP contribution in [0.1, 0.15) is 26.7 Å². The number of carbonyl (C=O) groups is 2. The molecule has 0 aromatic rings. The van der Waals surface area contributed by atoms with Crippen molar-refractivity contribution in [3.63, 3.8) is 0 Å². The normalized spacial score (nSPS) is 23.6. The van der Waals surface area contributed by atoms with Crippen molar-refractivity contribution in [2.75, 3.05) is 45.5 Å². The van der Waals surface area contributed by atoms with Gasteiger partial charge in [0.05, 0.1) is 0 Å². The molecule has 2 saturated heterocycles. The molecule has 0 aliphatic carbocycles. The molecule has 1 N–H and O–H groups in total. The van der Waals surface area contributed by atoms with Crippen LogP contribution in [0.15, 0.2) is 0 Å². The number of amides is 2. The zero-order chi connectivity index (χ0) is 16.1. The Morgan fingerprint density at radius 3 is 2.64 bits per heavy atom. The molecule has 2 aliphatic heterocycles. The summed E-state index contributed by atoms with van der Waals surface area (Å²) in [6, 6.07) is 0. The van der Waals surface area contributed by atoms with Gasteiger partial charge in [0, 0.05) is 37.7 Å². The van der Waals surface area contributed by atoms with Gasteiger partial charge in [-0.05, 0) is 37.8 Å². The molecule has 5 nitrogen and oxygen atoms in total. The summed E-state index contributed by atoms with van der Waals surface area (Å²) in [7, 11) is 1.76. The summed E-state index contributed by atoms with van der Waals surface area (Å²) in [5.41, 5.74) is 0. The Labute approximate surface area is 138 Å². The second kappa shape index (κ2) is 8.20. The molecule has 2 aliphatic rings. The first-order valence-electron chi connectivity index (χ1n) is 8.35. The summed E-state index contributed by atoms with van der Waals surface area (Å²) in [6.07, 6.45) is 2.17. The zero-order valence-corrected chi connectivity index (χ0v) is 14.8. The Balaban J connectivity index is 1.86. The summed E-state index contributed by atoms with van der Waals surface area (Å²) in [5, 5.41) is 3.77. The van der Waals surface area contributed by atoms with Crippen LogP contribution in [0.4, 0.5) is 0 Å². The lowest BCUT2D eigenvalue weighted by Crippen LogP contribution is -2.50. The van der Waals surface area contributed by atoms with E-state index in [9.17, 15) is 9.59 Å². The molecule has 2 amide bonds. The van der Waals surface area contributed by atoms with Crippen LogP contribution in [0.3, 0.4) is 0 Å². The molecule has 0 aromatic heterocycles. The van der Waals surface area contributed by atoms with Crippen LogP contribution in [-0.2, 0) is 9.59 Å². The predicted octanol–water partition coefficient (Wildman–Crippen LogP) is 1.04. The highest BCUT2D eigenvalue weighted by atomic mass is 32.2. The highest BCUT2D eigenvalue weighted by Gasteiger charge is 2.31. The Morgan fingerprint density at radius 1 is 1.32 bits per heavy atom. The number of carbonyl (C=O) groups excluding carboxylic acids is 2. The average Bonchev–Trinajstić information content (AvgIpc) is 2.54. The van der Waals surface area contributed by atoms with Crippen LogP contribution in [0.5, 0.6) is 0 Å². The standard InChI is InChI=1S/C16H29N3O2S/c1-12(2)14-11-19(8-9-22-14)16(21)15(20)18(3)10-13-4-6-17-7-5-13/h12-14,17H,4-11H2,1-3H3. The van der Waals surface area contributed by atoms with Gasteiger partial charge in [-0.1, -0.05) is 13.8 Å². The van der Waals surface area contributed by atoms with Crippen molar-refractivity contribution in [1.82, 2.24) is 15.1 Å². The van der Waals surface area contributed by atoms with Gasteiger partial charge in [-0.2, -0.15) is 11.8 Å². The molecule has 0 radical (unpaired) electrons. The molecule has 0 aromatic carbocycles. The minimum Gasteiger partial charge on any atom is -0.337 e. The summed E-state index contributed by atoms with van der Waals surface area (Å²) < 4.78 is 0. The largest absolute Gasteiger partial charge is 0.337 e. The van der Waals surface area contributed by atoms with Gasteiger partial charge >= 0.3 is 11.8 Å². The molecule has 1 unspecified atom stereocenters. The van der Waals surface area contributed by atoms with E-state index < -0.39 is 0 Å². The first-order chi connectivity index (χ1) is 10.5. The van der Waals surface area contributed by atoms with E-state index in [1.165, 1.54) is 0 Å². The van der Waals surface area contributed by atoms with Crippen molar-refractivity contribution in [1.29, 1.82) is 0 Å². The van der Waals surface area contributed by atoms with Gasteiger partial charge in [0.1, 0.15) is 0 Å². The van der Waals surface area contributed by atoms with E-state index in [1.54, 1.807) is 16.8 Å². The van der Waals surface area contributed by atoms with E-state index in [0.29, 0.717) is 36.7 Å². The number of nitrogens with zero attached hydrogens (tertiary/aromatic N) is 2. The van der Waals surface area contributed by atoms with Gasteiger partial charge in [-0.15, -0.1) is 0 Å². The third-order valence-electron chi connectivity index (χ3n) is 4.64. The molecule has 0 spiro atoms. The summed E-state index contributed by atoms with van der Waals surface area (Å²) in [5.74, 6) is 1.32. The van der Waals surface area contributed by atoms with Crippen molar-refractivity contribution in [3.05, 3.63) is 0 Å². The second-order valence-electron chi connectivity index (χ2n) is 6.78. The van der Waals surface area contributed by atoms with E-state index in [1.807, 2.05) is 11.8 Å². The minimum absolute atomic E-state index is 0.317. The third-order valence-corrected chi connectivity index (χ3v) is 6.18. The van der Waals surface area contributed by atoms with Crippen LogP contribution in [-0.4, -0.2) is 72.4 Å². The van der Waals surface area contributed by atoms with Crippen LogP contribution in [0.2, 0.25) is 0 Å². The van der Waals surface area contributed by atoms with Gasteiger partial charge in [-0.25, -0.2) is 0 Å². The Hall–Kier alpha value is -0.750. The summed E-state index contributed by atoms with van der Waals surface area (Å²) in [6.45, 7) is 8.48. The molecule has 2 fully saturated rings. The van der Waals surface area contributed by atoms with E-state index in [0.717, 1.165) is 31.7 Å². The molecule has 0 bridgehead atoms. The molecule has 0 saturated carbocycles. The number of rotatable bonds is 3. The fourth-order valence-corrected chi connectivity index (χ4v) is 4.40. The summed E-state index contributed by atoms with van der Waals surface area (Å²) in [4.78, 5) is 28.2. The smallest absolute Gasteiger partial charge is 0.312 e. The molecule has 2 heterocycles. The monoisotopic (exact) mass is 327 g/mol. The maximum absolute atomic E-state index is 12.5. The number of nitrogens with one attached hydrogen (secondary N) is 1. The van der Waals surface area contributed by atoms with E-state index in [4.69, 9.17) is 0 Å². The van der Waals surface area contributed by atoms with E-state index in [-0.39, 0.29) is 11.8 Å². The van der Waals surface area contributed by atoms with Crippen LogP contribution in [0.25, 0.3) is 0 Å². The molecular formula is C16H29N3O2S. The van der Waals surface area contributed by atoms with Crippen LogP contribution >= 0.6 is 11.8 Å². The fourth-order valence-electron chi connectivity index (χ4n) is 3.10. The predicted molar refractivity (Wildman–Crippen MR) is 90.9 cm³/mol. The van der Waals surface area contributed by atoms with Gasteiger partial charge in [-0.3, -0.25) is 9.59 Å². The number of hydrogen-bond donors (Lipinski definition) is 1. The lowest BCUT2D eigenvalue weighted by atomic mass is 9.98. The van der Waals surface area contributed by atoms with Gasteiger partial charge < -0.3 is 15.1 Å². The fraction of sp³-hybridized carbons (Fsp3) is 0.875. The number of hydrogen-bond acceptors (Lipinski definition) is 4. The van der Waals surface area contributed by atoms with E-state index >= 15 is 0 Å². The number of piperidine rings is 1. The molecule has 2 rings (SSSR count). The quantitative estimate of drug-likeness (QED) is 0.787. The first kappa shape index (κ1) is 17.6. The zero-order valence-electron chi connectivity index (χ0n) is 14.0. The van der Waals surface area contributed by atoms with Crippen molar-refractivity contribution >= 4 is 23.6 Å². The maximum atomic E-state index is 12.5. The molecule has 1 atom stereocenters. The second-order valence-corrected chi connectivity index (χ2v) is 8.13. The van der Waals surface area contributed by atoms with Gasteiger partial charge in [0.15, 0.2) is 0 Å². The highest BCUT2D eigenvalue weighted by Crippen LogP contribution is 2.25.